The Morgan fingerprint density at radius 1 is 0.938 bits per heavy atom. The first-order valence-corrected chi connectivity index (χ1v) is 25.7. The molecular weight excluding hydrogens is 835 g/mol. The number of oxazole rings is 1. The van der Waals surface area contributed by atoms with Gasteiger partial charge in [-0.25, -0.2) is 9.59 Å². The van der Waals surface area contributed by atoms with Crippen molar-refractivity contribution in [3.8, 4) is 16.9 Å². The van der Waals surface area contributed by atoms with Gasteiger partial charge < -0.3 is 34.3 Å². The molecule has 1 aliphatic carbocycles. The quantitative estimate of drug-likeness (QED) is 0.0632. The second-order valence-corrected chi connectivity index (χ2v) is 24.6. The number of aromatic nitrogens is 2. The van der Waals surface area contributed by atoms with Gasteiger partial charge in [0.2, 0.25) is 5.56 Å². The normalized spacial score (nSPS) is 16.6. The maximum atomic E-state index is 13.3. The van der Waals surface area contributed by atoms with Gasteiger partial charge in [0, 0.05) is 48.2 Å². The summed E-state index contributed by atoms with van der Waals surface area (Å²) in [5.74, 6) is -0.415. The number of anilines is 1. The van der Waals surface area contributed by atoms with Crippen LogP contribution in [0.25, 0.3) is 39.2 Å². The minimum Gasteiger partial charge on any atom is -0.506 e. The number of allylic oxidation sites excluding steroid dienone is 1. The van der Waals surface area contributed by atoms with Crippen LogP contribution in [-0.2, 0) is 22.3 Å². The number of rotatable bonds is 15. The molecule has 0 saturated heterocycles. The Kier molecular flexibility index (Phi) is 14.4. The molecule has 0 unspecified atom stereocenters. The first kappa shape index (κ1) is 47.2. The van der Waals surface area contributed by atoms with Crippen LogP contribution in [0, 0.1) is 0 Å². The zero-order chi connectivity index (χ0) is 46.5. The van der Waals surface area contributed by atoms with Crippen LogP contribution >= 0.6 is 0 Å². The van der Waals surface area contributed by atoms with E-state index in [1.165, 1.54) is 6.07 Å². The van der Waals surface area contributed by atoms with Gasteiger partial charge in [0.25, 0.3) is 0 Å². The van der Waals surface area contributed by atoms with Gasteiger partial charge in [-0.3, -0.25) is 14.7 Å². The molecule has 344 valence electrons. The standard InChI is InChI=1S/C52H65N5O7Si/c1-51(2,3)56-37-19-21-38(22-20-37)62-49(60)54-42-30-34(17-23-39(42)36-15-10-9-11-16-36)14-12-13-29-57-43-26-18-35(31-45(43)63-50(57)61)32-53-33-46(64-65(7,8)52(4,5)6)40-24-27-44(58)48-41(40)25-28-47(59)55-48/h9-12,14-18,23-28,30-31,37-38,46,53,56,58H,13,19-22,29,32-33H2,1-8H3,(H,54,60)(H,55,59)/b14-12+/t37?,38?,46-/m0/s1. The molecule has 1 fully saturated rings. The molecule has 13 heteroatoms. The molecule has 0 aliphatic heterocycles. The van der Waals surface area contributed by atoms with Crippen molar-refractivity contribution < 1.29 is 23.5 Å². The molecule has 65 heavy (non-hydrogen) atoms. The smallest absolute Gasteiger partial charge is 0.419 e. The van der Waals surface area contributed by atoms with Gasteiger partial charge in [-0.2, -0.15) is 0 Å². The summed E-state index contributed by atoms with van der Waals surface area (Å²) in [5.41, 5.74) is 6.63. The number of phenols is 1. The number of carbonyl (C=O) groups excluding carboxylic acids is 1. The van der Waals surface area contributed by atoms with E-state index in [9.17, 15) is 19.5 Å². The number of hydrogen-bond acceptors (Lipinski definition) is 9. The lowest BCUT2D eigenvalue weighted by Gasteiger charge is -2.39. The Morgan fingerprint density at radius 2 is 1.69 bits per heavy atom. The lowest BCUT2D eigenvalue weighted by molar-refractivity contribution is 0.0762. The fourth-order valence-electron chi connectivity index (χ4n) is 8.36. The van der Waals surface area contributed by atoms with Crippen molar-refractivity contribution in [1.82, 2.24) is 20.2 Å². The fourth-order valence-corrected chi connectivity index (χ4v) is 9.63. The number of H-pyrrole nitrogens is 1. The fraction of sp³-hybridized carbons (Fsp3) is 0.404. The van der Waals surface area contributed by atoms with E-state index in [2.05, 4.69) is 75.6 Å². The van der Waals surface area contributed by atoms with Crippen LogP contribution in [0.3, 0.4) is 0 Å². The number of aromatic amines is 1. The molecule has 12 nitrogen and oxygen atoms in total. The molecule has 1 saturated carbocycles. The van der Waals surface area contributed by atoms with Crippen molar-refractivity contribution in [2.24, 2.45) is 0 Å². The molecule has 6 aromatic rings. The Morgan fingerprint density at radius 3 is 2.42 bits per heavy atom. The second kappa shape index (κ2) is 19.8. The number of aryl methyl sites for hydroxylation is 1. The molecule has 2 aromatic heterocycles. The Balaban J connectivity index is 0.995. The van der Waals surface area contributed by atoms with Gasteiger partial charge >= 0.3 is 11.8 Å². The average Bonchev–Trinajstić information content (AvgIpc) is 3.56. The Bertz CT molecular complexity index is 2750. The number of fused-ring (bicyclic) bond motifs is 2. The number of amides is 1. The topological polar surface area (TPSA) is 160 Å². The van der Waals surface area contributed by atoms with Gasteiger partial charge in [-0.1, -0.05) is 87.5 Å². The van der Waals surface area contributed by atoms with E-state index in [0.717, 1.165) is 58.9 Å². The highest BCUT2D eigenvalue weighted by atomic mass is 28.4. The maximum Gasteiger partial charge on any atom is 0.419 e. The summed E-state index contributed by atoms with van der Waals surface area (Å²) in [7, 11) is -2.26. The number of phenolic OH excluding ortho intramolecular Hbond substituents is 1. The number of nitrogens with one attached hydrogen (secondary N) is 4. The van der Waals surface area contributed by atoms with Crippen molar-refractivity contribution in [2.45, 2.75) is 129 Å². The summed E-state index contributed by atoms with van der Waals surface area (Å²) in [4.78, 5) is 41.3. The molecule has 0 bridgehead atoms. The highest BCUT2D eigenvalue weighted by Gasteiger charge is 2.40. The number of aromatic hydroxyl groups is 1. The Hall–Kier alpha value is -5.73. The van der Waals surface area contributed by atoms with Gasteiger partial charge in [-0.15, -0.1) is 0 Å². The van der Waals surface area contributed by atoms with Gasteiger partial charge in [0.05, 0.1) is 22.8 Å². The van der Waals surface area contributed by atoms with E-state index < -0.39 is 20.2 Å². The lowest BCUT2D eigenvalue weighted by Crippen LogP contribution is -2.46. The van der Waals surface area contributed by atoms with Crippen LogP contribution in [-0.4, -0.2) is 53.3 Å². The molecule has 1 atom stereocenters. The summed E-state index contributed by atoms with van der Waals surface area (Å²) in [6, 6.07) is 28.8. The molecular formula is C52H65N5O7Si. The number of nitrogens with zero attached hydrogens (tertiary/aromatic N) is 1. The zero-order valence-corrected chi connectivity index (χ0v) is 40.0. The number of ether oxygens (including phenoxy) is 1. The molecule has 7 rings (SSSR count). The predicted octanol–water partition coefficient (Wildman–Crippen LogP) is 11.0. The van der Waals surface area contributed by atoms with E-state index in [0.29, 0.717) is 54.4 Å². The minimum absolute atomic E-state index is 0.00621. The van der Waals surface area contributed by atoms with Crippen molar-refractivity contribution in [2.75, 3.05) is 11.9 Å². The van der Waals surface area contributed by atoms with E-state index in [-0.39, 0.29) is 34.1 Å². The lowest BCUT2D eigenvalue weighted by atomic mass is 9.91. The number of carbonyl (C=O) groups is 1. The summed E-state index contributed by atoms with van der Waals surface area (Å²) < 4.78 is 20.3. The van der Waals surface area contributed by atoms with Crippen LogP contribution in [0.2, 0.25) is 18.1 Å². The third kappa shape index (κ3) is 11.9. The zero-order valence-electron chi connectivity index (χ0n) is 39.0. The third-order valence-electron chi connectivity index (χ3n) is 12.7. The van der Waals surface area contributed by atoms with Crippen LogP contribution in [0.1, 0.15) is 96.4 Å². The molecule has 1 amide bonds. The number of hydrogen-bond donors (Lipinski definition) is 5. The van der Waals surface area contributed by atoms with Gasteiger partial charge in [0.15, 0.2) is 13.9 Å². The van der Waals surface area contributed by atoms with Gasteiger partial charge in [0.1, 0.15) is 11.9 Å². The molecule has 1 aliphatic rings. The van der Waals surface area contributed by atoms with Crippen LogP contribution in [0.5, 0.6) is 5.75 Å². The molecule has 2 heterocycles. The van der Waals surface area contributed by atoms with Crippen LogP contribution in [0.15, 0.2) is 111 Å². The van der Waals surface area contributed by atoms with E-state index >= 15 is 0 Å². The first-order valence-electron chi connectivity index (χ1n) is 22.8. The summed E-state index contributed by atoms with van der Waals surface area (Å²) in [5, 5.41) is 21.5. The van der Waals surface area contributed by atoms with E-state index in [1.807, 2.05) is 84.9 Å². The maximum absolute atomic E-state index is 13.3. The predicted molar refractivity (Wildman–Crippen MR) is 264 cm³/mol. The van der Waals surface area contributed by atoms with E-state index in [4.69, 9.17) is 13.6 Å². The second-order valence-electron chi connectivity index (χ2n) is 19.9. The summed E-state index contributed by atoms with van der Waals surface area (Å²) >= 11 is 0. The molecule has 0 radical (unpaired) electrons. The molecule has 0 spiro atoms. The average molecular weight is 900 g/mol. The number of benzene rings is 4. The number of pyridine rings is 1. The molecule has 5 N–H and O–H groups in total. The van der Waals surface area contributed by atoms with E-state index in [1.54, 1.807) is 16.7 Å². The van der Waals surface area contributed by atoms with Crippen LogP contribution < -0.4 is 27.3 Å². The molecule has 4 aromatic carbocycles. The summed E-state index contributed by atoms with van der Waals surface area (Å²) in [6.07, 6.45) is 7.22. The largest absolute Gasteiger partial charge is 0.506 e. The van der Waals surface area contributed by atoms with Crippen molar-refractivity contribution in [3.05, 3.63) is 135 Å². The van der Waals surface area contributed by atoms with Crippen molar-refractivity contribution in [1.29, 1.82) is 0 Å². The van der Waals surface area contributed by atoms with Crippen LogP contribution in [0.4, 0.5) is 10.5 Å². The van der Waals surface area contributed by atoms with Gasteiger partial charge in [-0.05, 0) is 124 Å². The van der Waals surface area contributed by atoms with Crippen molar-refractivity contribution >= 4 is 48.2 Å². The monoisotopic (exact) mass is 899 g/mol. The third-order valence-corrected chi connectivity index (χ3v) is 17.2. The highest BCUT2D eigenvalue weighted by Crippen LogP contribution is 2.41. The highest BCUT2D eigenvalue weighted by molar-refractivity contribution is 6.74. The summed E-state index contributed by atoms with van der Waals surface area (Å²) in [6.45, 7) is 18.9. The van der Waals surface area contributed by atoms with Crippen molar-refractivity contribution in [3.63, 3.8) is 0 Å². The SMILES string of the molecule is CC(C)(C)NC1CCC(OC(=O)Nc2cc(/C=C/CCn3c(=O)oc4cc(CNC[C@H](O[Si](C)(C)C(C)(C)C)c5ccc(O)c6[nH]c(=O)ccc56)ccc43)ccc2-c2ccccc2)CC1. The minimum atomic E-state index is -2.26. The Labute approximate surface area is 382 Å². The first-order chi connectivity index (χ1) is 30.8.